The lowest BCUT2D eigenvalue weighted by Gasteiger charge is -2.53. The first-order chi connectivity index (χ1) is 15.7. The molecule has 2 aliphatic heterocycles. The second-order valence-electron chi connectivity index (χ2n) is 9.69. The van der Waals surface area contributed by atoms with Gasteiger partial charge < -0.3 is 19.1 Å². The molecule has 1 amide bonds. The van der Waals surface area contributed by atoms with E-state index in [9.17, 15) is 14.4 Å². The fourth-order valence-corrected chi connectivity index (χ4v) is 5.10. The molecule has 0 aromatic carbocycles. The number of pyridine rings is 1. The molecule has 1 aromatic heterocycles. The zero-order valence-electron chi connectivity index (χ0n) is 19.5. The van der Waals surface area contributed by atoms with Gasteiger partial charge in [0.05, 0.1) is 37.1 Å². The summed E-state index contributed by atoms with van der Waals surface area (Å²) in [5, 5.41) is 2.69. The lowest BCUT2D eigenvalue weighted by molar-refractivity contribution is -0.162. The summed E-state index contributed by atoms with van der Waals surface area (Å²) < 4.78 is 15.9. The number of aromatic nitrogens is 1. The molecule has 3 heterocycles. The molecule has 1 saturated carbocycles. The van der Waals surface area contributed by atoms with Gasteiger partial charge in [0.2, 0.25) is 0 Å². The highest BCUT2D eigenvalue weighted by molar-refractivity contribution is 5.85. The Hall–Kier alpha value is -3.10. The molecular formula is C24H31N3O6. The number of hydrogen-bond acceptors (Lipinski definition) is 8. The number of fused-ring (bicyclic) bond motifs is 6. The number of hydrogen-bond donors (Lipinski definition) is 1. The lowest BCUT2D eigenvalue weighted by Crippen LogP contribution is -2.59. The third-order valence-corrected chi connectivity index (χ3v) is 6.28. The number of cyclic esters (lactones) is 1. The summed E-state index contributed by atoms with van der Waals surface area (Å²) in [5.41, 5.74) is 0.863. The minimum atomic E-state index is -0.592. The van der Waals surface area contributed by atoms with Crippen molar-refractivity contribution in [1.82, 2.24) is 4.98 Å². The van der Waals surface area contributed by atoms with Crippen LogP contribution in [0.2, 0.25) is 0 Å². The lowest BCUT2D eigenvalue weighted by atomic mass is 9.63. The first kappa shape index (κ1) is 23.1. The first-order valence-electron chi connectivity index (χ1n) is 11.4. The third-order valence-electron chi connectivity index (χ3n) is 6.28. The summed E-state index contributed by atoms with van der Waals surface area (Å²) in [6.07, 6.45) is 4.07. The van der Waals surface area contributed by atoms with Crippen molar-refractivity contribution in [3.05, 3.63) is 30.0 Å². The van der Waals surface area contributed by atoms with Crippen molar-refractivity contribution in [2.24, 2.45) is 17.8 Å². The van der Waals surface area contributed by atoms with Gasteiger partial charge in [0.1, 0.15) is 11.4 Å². The van der Waals surface area contributed by atoms with Crippen molar-refractivity contribution < 1.29 is 28.6 Å². The number of piperidine rings is 1. The largest absolute Gasteiger partial charge is 0.465 e. The number of carbonyl (C=O) groups excluding carboxylic acids is 3. The van der Waals surface area contributed by atoms with Crippen molar-refractivity contribution in [2.75, 3.05) is 30.0 Å². The van der Waals surface area contributed by atoms with Gasteiger partial charge >= 0.3 is 18.0 Å². The van der Waals surface area contributed by atoms with E-state index in [1.54, 1.807) is 46.0 Å². The van der Waals surface area contributed by atoms with Gasteiger partial charge in [-0.15, -0.1) is 0 Å². The molecule has 2 saturated heterocycles. The van der Waals surface area contributed by atoms with Gasteiger partial charge in [0.25, 0.3) is 0 Å². The molecule has 9 nitrogen and oxygen atoms in total. The zero-order valence-corrected chi connectivity index (χ0v) is 19.5. The summed E-state index contributed by atoms with van der Waals surface area (Å²) in [5.74, 6) is 0.00440. The molecule has 3 fully saturated rings. The maximum Gasteiger partial charge on any atom is 0.412 e. The molecular weight excluding hydrogens is 426 g/mol. The minimum Gasteiger partial charge on any atom is -0.465 e. The normalized spacial score (nSPS) is 27.6. The smallest absolute Gasteiger partial charge is 0.412 e. The van der Waals surface area contributed by atoms with Crippen LogP contribution >= 0.6 is 0 Å². The van der Waals surface area contributed by atoms with Crippen LogP contribution in [0.4, 0.5) is 16.3 Å². The van der Waals surface area contributed by atoms with Crippen LogP contribution in [0.5, 0.6) is 0 Å². The van der Waals surface area contributed by atoms with Crippen molar-refractivity contribution in [3.8, 4) is 0 Å². The molecule has 1 aromatic rings. The predicted octanol–water partition coefficient (Wildman–Crippen LogP) is 3.31. The molecule has 33 heavy (non-hydrogen) atoms. The van der Waals surface area contributed by atoms with Gasteiger partial charge in [-0.25, -0.2) is 14.6 Å². The number of amides is 1. The Bertz CT molecular complexity index is 952. The van der Waals surface area contributed by atoms with Crippen molar-refractivity contribution >= 4 is 29.5 Å². The van der Waals surface area contributed by atoms with E-state index in [0.717, 1.165) is 17.8 Å². The fourth-order valence-electron chi connectivity index (χ4n) is 5.10. The SMILES string of the molecule is CCOC(=O)/C=C1\[C@@H]2[C@@H]3COC(=O)[C@@H](C3)[C@H]1CCN2c1ccc(NC(=O)OC(C)(C)C)cn1. The minimum absolute atomic E-state index is 0.0344. The van der Waals surface area contributed by atoms with Crippen molar-refractivity contribution in [3.63, 3.8) is 0 Å². The van der Waals surface area contributed by atoms with E-state index in [1.807, 2.05) is 6.07 Å². The van der Waals surface area contributed by atoms with Crippen molar-refractivity contribution in [1.29, 1.82) is 0 Å². The van der Waals surface area contributed by atoms with Crippen LogP contribution in [-0.2, 0) is 23.8 Å². The number of nitrogens with one attached hydrogen (secondary N) is 1. The van der Waals surface area contributed by atoms with Crippen LogP contribution in [0.1, 0.15) is 40.5 Å². The molecule has 4 atom stereocenters. The topological polar surface area (TPSA) is 107 Å². The average molecular weight is 458 g/mol. The maximum absolute atomic E-state index is 12.4. The highest BCUT2D eigenvalue weighted by atomic mass is 16.6. The van der Waals surface area contributed by atoms with E-state index in [4.69, 9.17) is 14.2 Å². The van der Waals surface area contributed by atoms with Gasteiger partial charge in [-0.3, -0.25) is 10.1 Å². The Balaban J connectivity index is 1.57. The fraction of sp³-hybridized carbons (Fsp3) is 0.583. The van der Waals surface area contributed by atoms with E-state index in [-0.39, 0.29) is 35.7 Å². The second kappa shape index (κ2) is 9.03. The number of esters is 2. The molecule has 4 bridgehead atoms. The average Bonchev–Trinajstić information content (AvgIpc) is 2.73. The van der Waals surface area contributed by atoms with Crippen LogP contribution in [0.25, 0.3) is 0 Å². The number of nitrogens with zero attached hydrogens (tertiary/aromatic N) is 2. The van der Waals surface area contributed by atoms with Gasteiger partial charge in [0, 0.05) is 18.5 Å². The van der Waals surface area contributed by atoms with E-state index in [1.165, 1.54) is 0 Å². The van der Waals surface area contributed by atoms with E-state index < -0.39 is 11.7 Å². The first-order valence-corrected chi connectivity index (χ1v) is 11.4. The van der Waals surface area contributed by atoms with Gasteiger partial charge in [-0.2, -0.15) is 0 Å². The number of carbonyl (C=O) groups is 3. The van der Waals surface area contributed by atoms with E-state index in [2.05, 4.69) is 15.2 Å². The quantitative estimate of drug-likeness (QED) is 0.417. The monoisotopic (exact) mass is 457 g/mol. The van der Waals surface area contributed by atoms with Gasteiger partial charge in [-0.05, 0) is 64.2 Å². The van der Waals surface area contributed by atoms with Crippen LogP contribution in [0, 0.1) is 17.8 Å². The highest BCUT2D eigenvalue weighted by Crippen LogP contribution is 2.49. The number of ether oxygens (including phenoxy) is 3. The molecule has 1 N–H and O–H groups in total. The molecule has 3 aliphatic rings. The number of anilines is 2. The molecule has 9 heteroatoms. The van der Waals surface area contributed by atoms with Crippen LogP contribution in [0.15, 0.2) is 30.0 Å². The third kappa shape index (κ3) is 4.96. The van der Waals surface area contributed by atoms with E-state index >= 15 is 0 Å². The van der Waals surface area contributed by atoms with Crippen LogP contribution < -0.4 is 10.2 Å². The summed E-state index contributed by atoms with van der Waals surface area (Å²) in [4.78, 5) is 43.5. The molecule has 178 valence electrons. The van der Waals surface area contributed by atoms with Gasteiger partial charge in [0.15, 0.2) is 0 Å². The van der Waals surface area contributed by atoms with E-state index in [0.29, 0.717) is 31.9 Å². The van der Waals surface area contributed by atoms with Gasteiger partial charge in [-0.1, -0.05) is 0 Å². The second-order valence-corrected chi connectivity index (χ2v) is 9.69. The van der Waals surface area contributed by atoms with Crippen LogP contribution in [-0.4, -0.2) is 54.4 Å². The molecule has 4 rings (SSSR count). The van der Waals surface area contributed by atoms with Crippen molar-refractivity contribution in [2.45, 2.75) is 52.2 Å². The Labute approximate surface area is 193 Å². The summed E-state index contributed by atoms with van der Waals surface area (Å²) in [7, 11) is 0. The summed E-state index contributed by atoms with van der Waals surface area (Å²) in [6.45, 7) is 8.50. The Morgan fingerprint density at radius 1 is 1.30 bits per heavy atom. The highest BCUT2D eigenvalue weighted by Gasteiger charge is 2.52. The summed E-state index contributed by atoms with van der Waals surface area (Å²) >= 11 is 0. The molecule has 1 aliphatic carbocycles. The Morgan fingerprint density at radius 3 is 2.76 bits per heavy atom. The summed E-state index contributed by atoms with van der Waals surface area (Å²) in [6, 6.07) is 3.52. The maximum atomic E-state index is 12.4. The zero-order chi connectivity index (χ0) is 23.8. The molecule has 0 spiro atoms. The number of rotatable bonds is 4. The standard InChI is InChI=1S/C24H31N3O6/c1-5-31-20(28)11-17-16-8-9-27(21(17)14-10-18(16)22(29)32-13-14)19-7-6-15(12-25-19)26-23(30)33-24(2,3)4/h6-7,11-12,14,16,18,21H,5,8-10,13H2,1-4H3,(H,26,30)/b17-11-/t14-,16-,18-,21-/m0/s1. The Morgan fingerprint density at radius 2 is 2.09 bits per heavy atom. The molecule has 0 radical (unpaired) electrons. The molecule has 0 unspecified atom stereocenters. The van der Waals surface area contributed by atoms with Crippen LogP contribution in [0.3, 0.4) is 0 Å². The predicted molar refractivity (Wildman–Crippen MR) is 121 cm³/mol. The Kier molecular flexibility index (Phi) is 6.32.